The van der Waals surface area contributed by atoms with Crippen molar-refractivity contribution in [3.8, 4) is 0 Å². The van der Waals surface area contributed by atoms with Gasteiger partial charge in [0.2, 0.25) is 0 Å². The number of rotatable bonds is 0. The van der Waals surface area contributed by atoms with E-state index in [2.05, 4.69) is 19.2 Å². The summed E-state index contributed by atoms with van der Waals surface area (Å²) in [7, 11) is 0. The molecule has 0 aromatic rings. The summed E-state index contributed by atoms with van der Waals surface area (Å²) in [5.74, 6) is 1.97. The third-order valence-corrected chi connectivity index (χ3v) is 4.16. The molecule has 2 atom stereocenters. The Morgan fingerprint density at radius 2 is 1.83 bits per heavy atom. The van der Waals surface area contributed by atoms with Gasteiger partial charge in [-0.05, 0) is 56.0 Å². The van der Waals surface area contributed by atoms with Crippen LogP contribution < -0.4 is 5.32 Å². The number of piperidine rings is 1. The zero-order chi connectivity index (χ0) is 8.60. The fraction of sp³-hybridized carbons (Fsp3) is 1.00. The van der Waals surface area contributed by atoms with Gasteiger partial charge in [-0.1, -0.05) is 13.8 Å². The maximum Gasteiger partial charge on any atom is -0.00435 e. The van der Waals surface area contributed by atoms with Crippen molar-refractivity contribution >= 4 is 0 Å². The Morgan fingerprint density at radius 1 is 1.17 bits per heavy atom. The van der Waals surface area contributed by atoms with E-state index < -0.39 is 0 Å². The number of nitrogens with one attached hydrogen (secondary N) is 1. The molecule has 1 aliphatic heterocycles. The molecule has 70 valence electrons. The van der Waals surface area contributed by atoms with Gasteiger partial charge in [0.15, 0.2) is 0 Å². The van der Waals surface area contributed by atoms with Gasteiger partial charge < -0.3 is 5.32 Å². The first-order valence-electron chi connectivity index (χ1n) is 5.44. The molecular formula is C11H21N. The summed E-state index contributed by atoms with van der Waals surface area (Å²) in [6.45, 7) is 7.41. The Hall–Kier alpha value is -0.0400. The summed E-state index contributed by atoms with van der Waals surface area (Å²) in [6.07, 6.45) is 5.83. The zero-order valence-corrected chi connectivity index (χ0v) is 8.40. The second-order valence-electron chi connectivity index (χ2n) is 5.06. The quantitative estimate of drug-likeness (QED) is 0.584. The number of hydrogen-bond donors (Lipinski definition) is 1. The van der Waals surface area contributed by atoms with Crippen LogP contribution in [0.25, 0.3) is 0 Å². The first kappa shape index (κ1) is 8.55. The molecule has 12 heavy (non-hydrogen) atoms. The van der Waals surface area contributed by atoms with Gasteiger partial charge in [0, 0.05) is 0 Å². The van der Waals surface area contributed by atoms with Crippen molar-refractivity contribution in [1.29, 1.82) is 0 Å². The van der Waals surface area contributed by atoms with Gasteiger partial charge in [-0.15, -0.1) is 0 Å². The molecule has 0 bridgehead atoms. The Labute approximate surface area is 75.9 Å². The van der Waals surface area contributed by atoms with Crippen LogP contribution >= 0.6 is 0 Å². The summed E-state index contributed by atoms with van der Waals surface area (Å²) in [4.78, 5) is 0. The van der Waals surface area contributed by atoms with E-state index in [0.29, 0.717) is 0 Å². The van der Waals surface area contributed by atoms with Crippen molar-refractivity contribution in [2.45, 2.75) is 39.5 Å². The molecule has 1 saturated carbocycles. The predicted octanol–water partition coefficient (Wildman–Crippen LogP) is 2.42. The van der Waals surface area contributed by atoms with Crippen LogP contribution in [0.3, 0.4) is 0 Å². The summed E-state index contributed by atoms with van der Waals surface area (Å²) >= 11 is 0. The van der Waals surface area contributed by atoms with Gasteiger partial charge >= 0.3 is 0 Å². The van der Waals surface area contributed by atoms with E-state index in [1.165, 1.54) is 38.8 Å². The third kappa shape index (κ3) is 1.28. The van der Waals surface area contributed by atoms with E-state index in [1.54, 1.807) is 0 Å². The fourth-order valence-electron chi connectivity index (χ4n) is 3.45. The molecule has 1 N–H and O–H groups in total. The predicted molar refractivity (Wildman–Crippen MR) is 52.1 cm³/mol. The minimum Gasteiger partial charge on any atom is -0.317 e. The average Bonchev–Trinajstić information content (AvgIpc) is 2.29. The highest BCUT2D eigenvalue weighted by atomic mass is 14.9. The molecule has 1 heteroatoms. The molecule has 1 nitrogen and oxygen atoms in total. The van der Waals surface area contributed by atoms with E-state index in [-0.39, 0.29) is 0 Å². The molecule has 1 saturated heterocycles. The van der Waals surface area contributed by atoms with E-state index in [4.69, 9.17) is 0 Å². The Kier molecular flexibility index (Phi) is 2.16. The maximum atomic E-state index is 3.47. The molecule has 1 heterocycles. The first-order chi connectivity index (χ1) is 5.73. The van der Waals surface area contributed by atoms with Crippen LogP contribution in [0.15, 0.2) is 0 Å². The van der Waals surface area contributed by atoms with Crippen molar-refractivity contribution in [2.75, 3.05) is 13.1 Å². The monoisotopic (exact) mass is 167 g/mol. The van der Waals surface area contributed by atoms with Crippen molar-refractivity contribution in [1.82, 2.24) is 5.32 Å². The molecule has 2 aliphatic rings. The Morgan fingerprint density at radius 3 is 2.33 bits per heavy atom. The van der Waals surface area contributed by atoms with E-state index >= 15 is 0 Å². The molecule has 0 aromatic heterocycles. The van der Waals surface area contributed by atoms with Crippen molar-refractivity contribution < 1.29 is 0 Å². The number of hydrogen-bond acceptors (Lipinski definition) is 1. The summed E-state index contributed by atoms with van der Waals surface area (Å²) < 4.78 is 0. The van der Waals surface area contributed by atoms with Crippen molar-refractivity contribution in [3.63, 3.8) is 0 Å². The highest BCUT2D eigenvalue weighted by molar-refractivity contribution is 4.95. The molecule has 1 spiro atoms. The van der Waals surface area contributed by atoms with Gasteiger partial charge in [-0.2, -0.15) is 0 Å². The van der Waals surface area contributed by atoms with Gasteiger partial charge in [0.1, 0.15) is 0 Å². The molecular weight excluding hydrogens is 146 g/mol. The molecule has 0 amide bonds. The molecule has 2 rings (SSSR count). The molecule has 1 aliphatic carbocycles. The van der Waals surface area contributed by atoms with E-state index in [0.717, 1.165) is 17.3 Å². The first-order valence-corrected chi connectivity index (χ1v) is 5.44. The smallest absolute Gasteiger partial charge is 0.00435 e. The van der Waals surface area contributed by atoms with Gasteiger partial charge in [-0.25, -0.2) is 0 Å². The third-order valence-electron chi connectivity index (χ3n) is 4.16. The Balaban J connectivity index is 2.08. The molecule has 2 fully saturated rings. The lowest BCUT2D eigenvalue weighted by Gasteiger charge is -2.38. The molecule has 0 unspecified atom stereocenters. The fourth-order valence-corrected chi connectivity index (χ4v) is 3.45. The largest absolute Gasteiger partial charge is 0.317 e. The van der Waals surface area contributed by atoms with Crippen LogP contribution in [-0.2, 0) is 0 Å². The minimum absolute atomic E-state index is 0.741. The van der Waals surface area contributed by atoms with Crippen molar-refractivity contribution in [2.24, 2.45) is 17.3 Å². The lowest BCUT2D eigenvalue weighted by atomic mass is 9.71. The second kappa shape index (κ2) is 3.02. The van der Waals surface area contributed by atoms with Crippen LogP contribution in [0, 0.1) is 17.3 Å². The van der Waals surface area contributed by atoms with Gasteiger partial charge in [-0.3, -0.25) is 0 Å². The maximum absolute atomic E-state index is 3.47. The van der Waals surface area contributed by atoms with E-state index in [9.17, 15) is 0 Å². The topological polar surface area (TPSA) is 12.0 Å². The normalized spacial score (nSPS) is 40.5. The zero-order valence-electron chi connectivity index (χ0n) is 8.40. The van der Waals surface area contributed by atoms with E-state index in [1.807, 2.05) is 0 Å². The van der Waals surface area contributed by atoms with Crippen LogP contribution in [0.2, 0.25) is 0 Å². The van der Waals surface area contributed by atoms with Gasteiger partial charge in [0.05, 0.1) is 0 Å². The second-order valence-corrected chi connectivity index (χ2v) is 5.06. The summed E-state index contributed by atoms with van der Waals surface area (Å²) in [5, 5.41) is 3.47. The summed E-state index contributed by atoms with van der Waals surface area (Å²) in [6, 6.07) is 0. The lowest BCUT2D eigenvalue weighted by molar-refractivity contribution is 0.147. The minimum atomic E-state index is 0.741. The summed E-state index contributed by atoms with van der Waals surface area (Å²) in [5.41, 5.74) is 0.741. The Bertz CT molecular complexity index is 158. The van der Waals surface area contributed by atoms with Gasteiger partial charge in [0.25, 0.3) is 0 Å². The molecule has 0 radical (unpaired) electrons. The van der Waals surface area contributed by atoms with Crippen LogP contribution in [0.5, 0.6) is 0 Å². The molecule has 0 aromatic carbocycles. The van der Waals surface area contributed by atoms with Crippen LogP contribution in [-0.4, -0.2) is 13.1 Å². The van der Waals surface area contributed by atoms with Crippen molar-refractivity contribution in [3.05, 3.63) is 0 Å². The highest BCUT2D eigenvalue weighted by Crippen LogP contribution is 2.51. The van der Waals surface area contributed by atoms with Crippen LogP contribution in [0.4, 0.5) is 0 Å². The lowest BCUT2D eigenvalue weighted by Crippen LogP contribution is -2.38. The highest BCUT2D eigenvalue weighted by Gasteiger charge is 2.43. The SMILES string of the molecule is C[C@H]1C[C@H](C)C2(CCNCC2)C1. The average molecular weight is 167 g/mol. The van der Waals surface area contributed by atoms with Crippen LogP contribution in [0.1, 0.15) is 39.5 Å². The standard InChI is InChI=1S/C11H21N/c1-9-7-10(2)11(8-9)3-5-12-6-4-11/h9-10,12H,3-8H2,1-2H3/t9-,10-/m0/s1.